The fraction of sp³-hybridized carbons (Fsp3) is 0.133. The SMILES string of the molecule is COc1ccc(-c2csc3c2c(N)nc(=O)n3CC(N)=O)cc1. The number of primary amides is 1. The van der Waals surface area contributed by atoms with Crippen molar-refractivity contribution in [3.05, 3.63) is 40.1 Å². The zero-order valence-corrected chi connectivity index (χ0v) is 13.1. The number of hydrogen-bond acceptors (Lipinski definition) is 6. The minimum Gasteiger partial charge on any atom is -0.497 e. The molecule has 0 atom stereocenters. The van der Waals surface area contributed by atoms with Crippen molar-refractivity contribution in [1.29, 1.82) is 0 Å². The first-order chi connectivity index (χ1) is 11.0. The lowest BCUT2D eigenvalue weighted by Crippen LogP contribution is -2.30. The molecule has 0 saturated heterocycles. The van der Waals surface area contributed by atoms with Gasteiger partial charge in [0.25, 0.3) is 0 Å². The molecule has 0 aliphatic carbocycles. The van der Waals surface area contributed by atoms with Crippen molar-refractivity contribution < 1.29 is 9.53 Å². The van der Waals surface area contributed by atoms with Crippen LogP contribution in [0.2, 0.25) is 0 Å². The first kappa shape index (κ1) is 15.0. The lowest BCUT2D eigenvalue weighted by atomic mass is 10.1. The van der Waals surface area contributed by atoms with E-state index in [0.717, 1.165) is 16.9 Å². The summed E-state index contributed by atoms with van der Waals surface area (Å²) in [4.78, 5) is 27.5. The second-order valence-electron chi connectivity index (χ2n) is 4.89. The number of carbonyl (C=O) groups is 1. The molecule has 4 N–H and O–H groups in total. The number of hydrogen-bond donors (Lipinski definition) is 2. The van der Waals surface area contributed by atoms with Crippen LogP contribution in [0, 0.1) is 0 Å². The summed E-state index contributed by atoms with van der Waals surface area (Å²) in [5.74, 6) is 0.266. The van der Waals surface area contributed by atoms with Gasteiger partial charge in [0, 0.05) is 10.9 Å². The Morgan fingerprint density at radius 2 is 2.04 bits per heavy atom. The minimum atomic E-state index is -0.612. The van der Waals surface area contributed by atoms with Crippen molar-refractivity contribution in [3.63, 3.8) is 0 Å². The van der Waals surface area contributed by atoms with Crippen LogP contribution in [0.1, 0.15) is 0 Å². The Labute approximate surface area is 135 Å². The third-order valence-corrected chi connectivity index (χ3v) is 4.44. The Bertz CT molecular complexity index is 944. The van der Waals surface area contributed by atoms with Crippen LogP contribution < -0.4 is 21.9 Å². The number of anilines is 1. The van der Waals surface area contributed by atoms with Gasteiger partial charge in [0.15, 0.2) is 0 Å². The Kier molecular flexibility index (Phi) is 3.75. The summed E-state index contributed by atoms with van der Waals surface area (Å²) < 4.78 is 6.39. The van der Waals surface area contributed by atoms with Gasteiger partial charge in [-0.05, 0) is 17.7 Å². The molecule has 0 unspecified atom stereocenters. The summed E-state index contributed by atoms with van der Waals surface area (Å²) >= 11 is 1.32. The number of rotatable bonds is 4. The predicted molar refractivity (Wildman–Crippen MR) is 89.5 cm³/mol. The number of aromatic nitrogens is 2. The molecule has 3 rings (SSSR count). The van der Waals surface area contributed by atoms with E-state index < -0.39 is 11.6 Å². The van der Waals surface area contributed by atoms with E-state index >= 15 is 0 Å². The van der Waals surface area contributed by atoms with Crippen molar-refractivity contribution in [2.45, 2.75) is 6.54 Å². The smallest absolute Gasteiger partial charge is 0.351 e. The first-order valence-corrected chi connectivity index (χ1v) is 7.59. The van der Waals surface area contributed by atoms with Gasteiger partial charge < -0.3 is 16.2 Å². The number of thiophene rings is 1. The largest absolute Gasteiger partial charge is 0.497 e. The van der Waals surface area contributed by atoms with Crippen LogP contribution in [0.4, 0.5) is 5.82 Å². The van der Waals surface area contributed by atoms with Gasteiger partial charge >= 0.3 is 5.69 Å². The zero-order valence-electron chi connectivity index (χ0n) is 12.3. The fourth-order valence-corrected chi connectivity index (χ4v) is 3.46. The molecular formula is C15H14N4O3S. The van der Waals surface area contributed by atoms with Crippen molar-refractivity contribution in [1.82, 2.24) is 9.55 Å². The molecule has 2 aromatic heterocycles. The van der Waals surface area contributed by atoms with E-state index in [1.165, 1.54) is 15.9 Å². The van der Waals surface area contributed by atoms with E-state index in [0.29, 0.717) is 10.2 Å². The van der Waals surface area contributed by atoms with E-state index in [1.807, 2.05) is 29.6 Å². The molecule has 0 spiro atoms. The Balaban J connectivity index is 2.23. The van der Waals surface area contributed by atoms with Gasteiger partial charge in [0.2, 0.25) is 5.91 Å². The van der Waals surface area contributed by atoms with Crippen molar-refractivity contribution in [2.24, 2.45) is 5.73 Å². The fourth-order valence-electron chi connectivity index (χ4n) is 2.38. The highest BCUT2D eigenvalue weighted by molar-refractivity contribution is 7.17. The maximum Gasteiger partial charge on any atom is 0.351 e. The van der Waals surface area contributed by atoms with Crippen LogP contribution in [0.5, 0.6) is 5.75 Å². The monoisotopic (exact) mass is 330 g/mol. The molecule has 7 nitrogen and oxygen atoms in total. The van der Waals surface area contributed by atoms with Gasteiger partial charge in [-0.3, -0.25) is 9.36 Å². The summed E-state index contributed by atoms with van der Waals surface area (Å²) in [6.07, 6.45) is 0. The maximum absolute atomic E-state index is 12.0. The average Bonchev–Trinajstić information content (AvgIpc) is 2.96. The van der Waals surface area contributed by atoms with Crippen molar-refractivity contribution >= 4 is 33.3 Å². The molecular weight excluding hydrogens is 316 g/mol. The van der Waals surface area contributed by atoms with Crippen LogP contribution >= 0.6 is 11.3 Å². The maximum atomic E-state index is 12.0. The van der Waals surface area contributed by atoms with Gasteiger partial charge in [-0.2, -0.15) is 4.98 Å². The standard InChI is InChI=1S/C15H14N4O3S/c1-22-9-4-2-8(3-5-9)10-7-23-14-12(10)13(17)18-15(21)19(14)6-11(16)20/h2-5,7H,6H2,1H3,(H2,16,20)(H2,17,18,21). The summed E-state index contributed by atoms with van der Waals surface area (Å²) in [5, 5.41) is 2.52. The molecule has 0 saturated carbocycles. The van der Waals surface area contributed by atoms with E-state index in [2.05, 4.69) is 4.98 Å². The number of nitrogens with zero attached hydrogens (tertiary/aromatic N) is 2. The summed E-state index contributed by atoms with van der Waals surface area (Å²) in [6, 6.07) is 7.45. The predicted octanol–water partition coefficient (Wildman–Crippen LogP) is 1.20. The molecule has 0 aliphatic rings. The number of benzene rings is 1. The van der Waals surface area contributed by atoms with Crippen molar-refractivity contribution in [2.75, 3.05) is 12.8 Å². The Hall–Kier alpha value is -2.87. The number of ether oxygens (including phenoxy) is 1. The molecule has 0 bridgehead atoms. The zero-order chi connectivity index (χ0) is 16.6. The van der Waals surface area contributed by atoms with Crippen LogP contribution in [-0.2, 0) is 11.3 Å². The summed E-state index contributed by atoms with van der Waals surface area (Å²) in [7, 11) is 1.60. The molecule has 1 amide bonds. The highest BCUT2D eigenvalue weighted by atomic mass is 32.1. The minimum absolute atomic E-state index is 0.137. The second kappa shape index (κ2) is 5.73. The second-order valence-corrected chi connectivity index (χ2v) is 5.75. The number of carbonyl (C=O) groups excluding carboxylic acids is 1. The first-order valence-electron chi connectivity index (χ1n) is 6.71. The van der Waals surface area contributed by atoms with Gasteiger partial charge in [0.05, 0.1) is 12.5 Å². The summed E-state index contributed by atoms with van der Waals surface area (Å²) in [5.41, 5.74) is 12.3. The Morgan fingerprint density at radius 1 is 1.35 bits per heavy atom. The molecule has 2 heterocycles. The number of nitrogens with two attached hydrogens (primary N) is 2. The molecule has 3 aromatic rings. The molecule has 8 heteroatoms. The van der Waals surface area contributed by atoms with Gasteiger partial charge in [-0.25, -0.2) is 4.79 Å². The lowest BCUT2D eigenvalue weighted by molar-refractivity contribution is -0.118. The van der Waals surface area contributed by atoms with Gasteiger partial charge in [-0.15, -0.1) is 11.3 Å². The molecule has 118 valence electrons. The highest BCUT2D eigenvalue weighted by Crippen LogP contribution is 2.36. The quantitative estimate of drug-likeness (QED) is 0.746. The highest BCUT2D eigenvalue weighted by Gasteiger charge is 2.16. The van der Waals surface area contributed by atoms with Gasteiger partial charge in [-0.1, -0.05) is 12.1 Å². The van der Waals surface area contributed by atoms with Crippen LogP contribution in [-0.4, -0.2) is 22.6 Å². The molecule has 23 heavy (non-hydrogen) atoms. The molecule has 0 aliphatic heterocycles. The van der Waals surface area contributed by atoms with E-state index in [9.17, 15) is 9.59 Å². The molecule has 0 fully saturated rings. The van der Waals surface area contributed by atoms with Crippen LogP contribution in [0.15, 0.2) is 34.4 Å². The third kappa shape index (κ3) is 2.64. The third-order valence-electron chi connectivity index (χ3n) is 3.43. The van der Waals surface area contributed by atoms with Crippen LogP contribution in [0.3, 0.4) is 0 Å². The lowest BCUT2D eigenvalue weighted by Gasteiger charge is -2.07. The van der Waals surface area contributed by atoms with Crippen molar-refractivity contribution in [3.8, 4) is 16.9 Å². The molecule has 1 aromatic carbocycles. The number of methoxy groups -OCH3 is 1. The number of fused-ring (bicyclic) bond motifs is 1. The van der Waals surface area contributed by atoms with E-state index in [-0.39, 0.29) is 12.4 Å². The normalized spacial score (nSPS) is 10.8. The number of nitrogen functional groups attached to an aromatic ring is 1. The summed E-state index contributed by atoms with van der Waals surface area (Å²) in [6.45, 7) is -0.231. The van der Waals surface area contributed by atoms with Crippen LogP contribution in [0.25, 0.3) is 21.3 Å². The molecule has 0 radical (unpaired) electrons. The Morgan fingerprint density at radius 3 is 2.65 bits per heavy atom. The topological polar surface area (TPSA) is 113 Å². The van der Waals surface area contributed by atoms with E-state index in [1.54, 1.807) is 7.11 Å². The van der Waals surface area contributed by atoms with E-state index in [4.69, 9.17) is 16.2 Å². The number of amides is 1. The van der Waals surface area contributed by atoms with Gasteiger partial charge in [0.1, 0.15) is 22.9 Å². The average molecular weight is 330 g/mol.